The minimum absolute atomic E-state index is 0.0305. The number of amides is 1. The molecule has 2 fully saturated rings. The van der Waals surface area contributed by atoms with Crippen molar-refractivity contribution >= 4 is 11.8 Å². The number of aromatic nitrogens is 2. The molecule has 7 nitrogen and oxygen atoms in total. The van der Waals surface area contributed by atoms with Gasteiger partial charge in [0.15, 0.2) is 0 Å². The molecule has 3 atom stereocenters. The van der Waals surface area contributed by atoms with Crippen LogP contribution in [0.25, 0.3) is 11.1 Å². The Morgan fingerprint density at radius 3 is 2.77 bits per heavy atom. The maximum absolute atomic E-state index is 12.0. The lowest BCUT2D eigenvalue weighted by molar-refractivity contribution is 0.119. The number of nitrogens with one attached hydrogen (secondary N) is 1. The third-order valence-corrected chi connectivity index (χ3v) is 7.17. The normalized spacial score (nSPS) is 26.3. The van der Waals surface area contributed by atoms with Crippen molar-refractivity contribution in [2.75, 3.05) is 11.4 Å². The number of ether oxygens (including phenoxy) is 1. The summed E-state index contributed by atoms with van der Waals surface area (Å²) in [5, 5.41) is 18.0. The summed E-state index contributed by atoms with van der Waals surface area (Å²) in [7, 11) is 0. The van der Waals surface area contributed by atoms with Crippen molar-refractivity contribution in [2.45, 2.75) is 83.0 Å². The van der Waals surface area contributed by atoms with Crippen LogP contribution < -0.4 is 15.0 Å². The number of nitrogens with zero attached hydrogens (tertiary/aromatic N) is 3. The van der Waals surface area contributed by atoms with Crippen molar-refractivity contribution in [3.05, 3.63) is 30.1 Å². The lowest BCUT2D eigenvalue weighted by Crippen LogP contribution is -2.41. The summed E-state index contributed by atoms with van der Waals surface area (Å²) in [6.45, 7) is 5.21. The van der Waals surface area contributed by atoms with Crippen LogP contribution in [0.4, 0.5) is 10.5 Å². The van der Waals surface area contributed by atoms with Gasteiger partial charge in [-0.25, -0.2) is 4.79 Å². The van der Waals surface area contributed by atoms with Crippen molar-refractivity contribution in [3.63, 3.8) is 0 Å². The summed E-state index contributed by atoms with van der Waals surface area (Å²) in [5.41, 5.74) is 3.86. The van der Waals surface area contributed by atoms with Crippen molar-refractivity contribution in [1.29, 1.82) is 0 Å². The summed E-state index contributed by atoms with van der Waals surface area (Å²) < 4.78 is 8.60. The molecule has 7 heteroatoms. The molecule has 1 amide bonds. The molecule has 1 unspecified atom stereocenters. The summed E-state index contributed by atoms with van der Waals surface area (Å²) in [6, 6.07) is 4.84. The van der Waals surface area contributed by atoms with E-state index in [1.165, 1.54) is 11.3 Å². The van der Waals surface area contributed by atoms with Gasteiger partial charge in [-0.1, -0.05) is 0 Å². The highest BCUT2D eigenvalue weighted by Crippen LogP contribution is 2.44. The number of hydrogen-bond acceptors (Lipinski definition) is 4. The highest BCUT2D eigenvalue weighted by Gasteiger charge is 2.33. The molecule has 0 spiro atoms. The largest absolute Gasteiger partial charge is 0.489 e. The minimum Gasteiger partial charge on any atom is -0.489 e. The van der Waals surface area contributed by atoms with Gasteiger partial charge < -0.3 is 15.2 Å². The van der Waals surface area contributed by atoms with Gasteiger partial charge in [-0.15, -0.1) is 0 Å². The number of benzene rings is 1. The summed E-state index contributed by atoms with van der Waals surface area (Å²) in [4.78, 5) is 13.5. The second-order valence-electron chi connectivity index (χ2n) is 9.39. The second kappa shape index (κ2) is 8.19. The Labute approximate surface area is 183 Å². The molecule has 1 saturated heterocycles. The molecule has 1 aromatic carbocycles. The molecule has 0 bridgehead atoms. The SMILES string of the molecule is CC1CCc2c(ccc(-c3cnn([C@H]4CCN[C@H](C)C4)c3)c2OC2CCC2)N1C(=O)O. The zero-order valence-electron chi connectivity index (χ0n) is 18.4. The third-order valence-electron chi connectivity index (χ3n) is 7.17. The van der Waals surface area contributed by atoms with Gasteiger partial charge >= 0.3 is 6.09 Å². The predicted octanol–water partition coefficient (Wildman–Crippen LogP) is 4.61. The average Bonchev–Trinajstić information content (AvgIpc) is 3.20. The first-order valence-electron chi connectivity index (χ1n) is 11.6. The third kappa shape index (κ3) is 3.80. The van der Waals surface area contributed by atoms with Crippen LogP contribution in [-0.2, 0) is 6.42 Å². The van der Waals surface area contributed by atoms with E-state index in [-0.39, 0.29) is 12.1 Å². The van der Waals surface area contributed by atoms with E-state index in [4.69, 9.17) is 9.84 Å². The van der Waals surface area contributed by atoms with Crippen LogP contribution in [-0.4, -0.2) is 45.7 Å². The van der Waals surface area contributed by atoms with E-state index in [2.05, 4.69) is 23.1 Å². The number of hydrogen-bond donors (Lipinski definition) is 2. The molecular formula is C24H32N4O3. The highest BCUT2D eigenvalue weighted by molar-refractivity contribution is 5.91. The fraction of sp³-hybridized carbons (Fsp3) is 0.583. The van der Waals surface area contributed by atoms with Gasteiger partial charge in [-0.05, 0) is 77.5 Å². The Kier molecular flexibility index (Phi) is 5.38. The van der Waals surface area contributed by atoms with E-state index in [0.29, 0.717) is 12.1 Å². The molecular weight excluding hydrogens is 392 g/mol. The standard InChI is InChI=1S/C24H32N4O3/c1-15-12-18(10-11-25-15)27-14-17(13-26-27)20-8-9-22-21(23(20)31-19-4-3-5-19)7-6-16(2)28(22)24(29)30/h8-9,13-16,18-19,25H,3-7,10-12H2,1-2H3,(H,29,30)/t15-,16?,18+/m1/s1. The second-order valence-corrected chi connectivity index (χ2v) is 9.39. The Morgan fingerprint density at radius 1 is 1.23 bits per heavy atom. The van der Waals surface area contributed by atoms with Crippen LogP contribution in [0.5, 0.6) is 5.75 Å². The fourth-order valence-electron chi connectivity index (χ4n) is 5.14. The number of carbonyl (C=O) groups is 1. The summed E-state index contributed by atoms with van der Waals surface area (Å²) in [5.74, 6) is 0.860. The molecule has 2 aromatic rings. The van der Waals surface area contributed by atoms with E-state index in [1.807, 2.05) is 25.3 Å². The smallest absolute Gasteiger partial charge is 0.412 e. The monoisotopic (exact) mass is 424 g/mol. The number of piperidine rings is 1. The van der Waals surface area contributed by atoms with E-state index >= 15 is 0 Å². The Morgan fingerprint density at radius 2 is 2.06 bits per heavy atom. The van der Waals surface area contributed by atoms with Crippen molar-refractivity contribution in [3.8, 4) is 16.9 Å². The molecule has 3 heterocycles. The maximum Gasteiger partial charge on any atom is 0.412 e. The molecule has 1 saturated carbocycles. The minimum atomic E-state index is -0.899. The molecule has 2 N–H and O–H groups in total. The molecule has 1 aliphatic carbocycles. The van der Waals surface area contributed by atoms with Gasteiger partial charge in [0.2, 0.25) is 0 Å². The maximum atomic E-state index is 12.0. The van der Waals surface area contributed by atoms with Crippen molar-refractivity contribution in [1.82, 2.24) is 15.1 Å². The first-order valence-corrected chi connectivity index (χ1v) is 11.6. The predicted molar refractivity (Wildman–Crippen MR) is 120 cm³/mol. The van der Waals surface area contributed by atoms with E-state index in [0.717, 1.165) is 73.2 Å². The van der Waals surface area contributed by atoms with Gasteiger partial charge in [0.25, 0.3) is 0 Å². The Bertz CT molecular complexity index is 968. The van der Waals surface area contributed by atoms with Crippen molar-refractivity contribution in [2.24, 2.45) is 0 Å². The van der Waals surface area contributed by atoms with E-state index in [9.17, 15) is 9.90 Å². The van der Waals surface area contributed by atoms with Gasteiger partial charge in [0.1, 0.15) is 5.75 Å². The van der Waals surface area contributed by atoms with Gasteiger partial charge in [-0.3, -0.25) is 9.58 Å². The fourth-order valence-corrected chi connectivity index (χ4v) is 5.14. The molecule has 0 radical (unpaired) electrons. The topological polar surface area (TPSA) is 79.6 Å². The van der Waals surface area contributed by atoms with Crippen molar-refractivity contribution < 1.29 is 14.6 Å². The molecule has 5 rings (SSSR count). The zero-order chi connectivity index (χ0) is 21.5. The molecule has 1 aromatic heterocycles. The Balaban J connectivity index is 1.53. The number of fused-ring (bicyclic) bond motifs is 1. The Hall–Kier alpha value is -2.54. The first-order chi connectivity index (χ1) is 15.0. The van der Waals surface area contributed by atoms with Crippen LogP contribution in [0.3, 0.4) is 0 Å². The number of carboxylic acid groups (broad SMARTS) is 1. The van der Waals surface area contributed by atoms with Crippen LogP contribution in [0, 0.1) is 0 Å². The molecule has 3 aliphatic rings. The lowest BCUT2D eigenvalue weighted by Gasteiger charge is -2.36. The number of anilines is 1. The van der Waals surface area contributed by atoms with Crippen LogP contribution in [0.15, 0.2) is 24.5 Å². The molecule has 2 aliphatic heterocycles. The van der Waals surface area contributed by atoms with Gasteiger partial charge in [0.05, 0.1) is 24.0 Å². The quantitative estimate of drug-likeness (QED) is 0.749. The lowest BCUT2D eigenvalue weighted by atomic mass is 9.91. The van der Waals surface area contributed by atoms with Crippen LogP contribution >= 0.6 is 0 Å². The summed E-state index contributed by atoms with van der Waals surface area (Å²) >= 11 is 0. The first kappa shape index (κ1) is 20.4. The average molecular weight is 425 g/mol. The van der Waals surface area contributed by atoms with Gasteiger partial charge in [0, 0.05) is 35.0 Å². The van der Waals surface area contributed by atoms with E-state index < -0.39 is 6.09 Å². The van der Waals surface area contributed by atoms with Crippen LogP contribution in [0.1, 0.15) is 64.0 Å². The van der Waals surface area contributed by atoms with Gasteiger partial charge in [-0.2, -0.15) is 5.10 Å². The molecule has 166 valence electrons. The zero-order valence-corrected chi connectivity index (χ0v) is 18.4. The highest BCUT2D eigenvalue weighted by atomic mass is 16.5. The molecule has 31 heavy (non-hydrogen) atoms. The number of rotatable bonds is 4. The van der Waals surface area contributed by atoms with Crippen LogP contribution in [0.2, 0.25) is 0 Å². The summed E-state index contributed by atoms with van der Waals surface area (Å²) in [6.07, 6.45) is 10.5. The van der Waals surface area contributed by atoms with E-state index in [1.54, 1.807) is 0 Å².